The monoisotopic (exact) mass is 354 g/mol. The SMILES string of the molecule is CC[C@@H](C)Nc1nc(Nc2c(F)cccc2F)cc(-c2ccccc2)n1. The van der Waals surface area contributed by atoms with Gasteiger partial charge in [0, 0.05) is 17.7 Å². The molecule has 0 aliphatic carbocycles. The minimum atomic E-state index is -0.679. The minimum absolute atomic E-state index is 0.166. The molecule has 0 spiro atoms. The molecule has 0 fully saturated rings. The highest BCUT2D eigenvalue weighted by atomic mass is 19.1. The van der Waals surface area contributed by atoms with E-state index in [-0.39, 0.29) is 11.7 Å². The van der Waals surface area contributed by atoms with Gasteiger partial charge in [0.25, 0.3) is 0 Å². The van der Waals surface area contributed by atoms with E-state index in [4.69, 9.17) is 0 Å². The van der Waals surface area contributed by atoms with Crippen LogP contribution in [-0.2, 0) is 0 Å². The van der Waals surface area contributed by atoms with Gasteiger partial charge in [0.05, 0.1) is 5.69 Å². The normalized spacial score (nSPS) is 11.8. The molecule has 0 amide bonds. The number of aromatic nitrogens is 2. The maximum atomic E-state index is 14.0. The Kier molecular flexibility index (Phi) is 5.41. The van der Waals surface area contributed by atoms with Gasteiger partial charge in [-0.1, -0.05) is 43.3 Å². The molecule has 1 heterocycles. The van der Waals surface area contributed by atoms with E-state index < -0.39 is 11.6 Å². The number of hydrogen-bond acceptors (Lipinski definition) is 4. The molecular formula is C20H20F2N4. The second-order valence-electron chi connectivity index (χ2n) is 6.00. The van der Waals surface area contributed by atoms with Crippen molar-refractivity contribution in [2.24, 2.45) is 0 Å². The van der Waals surface area contributed by atoms with E-state index in [1.54, 1.807) is 6.07 Å². The van der Waals surface area contributed by atoms with Crippen molar-refractivity contribution in [2.45, 2.75) is 26.3 Å². The van der Waals surface area contributed by atoms with Crippen molar-refractivity contribution in [1.82, 2.24) is 9.97 Å². The topological polar surface area (TPSA) is 49.8 Å². The summed E-state index contributed by atoms with van der Waals surface area (Å²) in [5.74, 6) is -0.642. The largest absolute Gasteiger partial charge is 0.352 e. The van der Waals surface area contributed by atoms with Crippen molar-refractivity contribution in [1.29, 1.82) is 0 Å². The predicted octanol–water partition coefficient (Wildman–Crippen LogP) is 5.38. The van der Waals surface area contributed by atoms with Crippen molar-refractivity contribution in [2.75, 3.05) is 10.6 Å². The zero-order valence-electron chi connectivity index (χ0n) is 14.6. The van der Waals surface area contributed by atoms with Crippen molar-refractivity contribution < 1.29 is 8.78 Å². The Hall–Kier alpha value is -3.02. The molecule has 0 bridgehead atoms. The first-order valence-corrected chi connectivity index (χ1v) is 8.49. The lowest BCUT2D eigenvalue weighted by molar-refractivity contribution is 0.590. The van der Waals surface area contributed by atoms with Gasteiger partial charge in [0.1, 0.15) is 23.1 Å². The third kappa shape index (κ3) is 4.14. The summed E-state index contributed by atoms with van der Waals surface area (Å²) in [5, 5.41) is 5.95. The number of anilines is 3. The second-order valence-corrected chi connectivity index (χ2v) is 6.00. The Morgan fingerprint density at radius 1 is 0.962 bits per heavy atom. The Morgan fingerprint density at radius 3 is 2.31 bits per heavy atom. The van der Waals surface area contributed by atoms with Gasteiger partial charge >= 0.3 is 0 Å². The van der Waals surface area contributed by atoms with Crippen LogP contribution in [0.2, 0.25) is 0 Å². The first kappa shape index (κ1) is 17.8. The van der Waals surface area contributed by atoms with E-state index in [1.807, 2.05) is 44.2 Å². The fourth-order valence-corrected chi connectivity index (χ4v) is 2.40. The van der Waals surface area contributed by atoms with Crippen LogP contribution in [0.5, 0.6) is 0 Å². The zero-order valence-corrected chi connectivity index (χ0v) is 14.6. The molecule has 134 valence electrons. The Balaban J connectivity index is 2.02. The number of benzene rings is 2. The van der Waals surface area contributed by atoms with Crippen LogP contribution in [0.25, 0.3) is 11.3 Å². The molecule has 3 aromatic rings. The summed E-state index contributed by atoms with van der Waals surface area (Å²) >= 11 is 0. The molecule has 3 rings (SSSR count). The first-order valence-electron chi connectivity index (χ1n) is 8.49. The number of hydrogen-bond donors (Lipinski definition) is 2. The van der Waals surface area contributed by atoms with Gasteiger partial charge in [0.2, 0.25) is 5.95 Å². The fraction of sp³-hybridized carbons (Fsp3) is 0.200. The van der Waals surface area contributed by atoms with Gasteiger partial charge in [0.15, 0.2) is 0 Å². The fourth-order valence-electron chi connectivity index (χ4n) is 2.40. The minimum Gasteiger partial charge on any atom is -0.352 e. The molecule has 6 heteroatoms. The smallest absolute Gasteiger partial charge is 0.225 e. The van der Waals surface area contributed by atoms with Crippen LogP contribution >= 0.6 is 0 Å². The molecular weight excluding hydrogens is 334 g/mol. The van der Waals surface area contributed by atoms with Crippen LogP contribution in [-0.4, -0.2) is 16.0 Å². The number of rotatable bonds is 6. The lowest BCUT2D eigenvalue weighted by atomic mass is 10.1. The second kappa shape index (κ2) is 7.91. The van der Waals surface area contributed by atoms with Crippen LogP contribution in [0, 0.1) is 11.6 Å². The molecule has 0 saturated heterocycles. The quantitative estimate of drug-likeness (QED) is 0.624. The van der Waals surface area contributed by atoms with E-state index in [9.17, 15) is 8.78 Å². The zero-order chi connectivity index (χ0) is 18.5. The van der Waals surface area contributed by atoms with Gasteiger partial charge in [-0.3, -0.25) is 0 Å². The van der Waals surface area contributed by atoms with Crippen LogP contribution in [0.15, 0.2) is 54.6 Å². The highest BCUT2D eigenvalue weighted by Crippen LogP contribution is 2.26. The van der Waals surface area contributed by atoms with Crippen LogP contribution in [0.3, 0.4) is 0 Å². The lowest BCUT2D eigenvalue weighted by Gasteiger charge is -2.15. The lowest BCUT2D eigenvalue weighted by Crippen LogP contribution is -2.16. The summed E-state index contributed by atoms with van der Waals surface area (Å²) in [6.07, 6.45) is 0.892. The molecule has 1 aromatic heterocycles. The molecule has 2 N–H and O–H groups in total. The number of para-hydroxylation sites is 1. The molecule has 0 unspecified atom stereocenters. The highest BCUT2D eigenvalue weighted by Gasteiger charge is 2.13. The summed E-state index contributed by atoms with van der Waals surface area (Å²) in [6, 6.07) is 15.1. The van der Waals surface area contributed by atoms with Gasteiger partial charge in [-0.15, -0.1) is 0 Å². The molecule has 0 radical (unpaired) electrons. The Labute approximate surface area is 151 Å². The standard InChI is InChI=1S/C20H20F2N4/c1-3-13(2)23-20-24-17(14-8-5-4-6-9-14)12-18(26-20)25-19-15(21)10-7-11-16(19)22/h4-13H,3H2,1-2H3,(H2,23,24,25,26)/t13-/m1/s1. The number of nitrogens with one attached hydrogen (secondary N) is 2. The van der Waals surface area contributed by atoms with E-state index in [1.165, 1.54) is 18.2 Å². The van der Waals surface area contributed by atoms with E-state index in [0.717, 1.165) is 12.0 Å². The van der Waals surface area contributed by atoms with Crippen LogP contribution in [0.1, 0.15) is 20.3 Å². The molecule has 0 aliphatic heterocycles. The summed E-state index contributed by atoms with van der Waals surface area (Å²) in [6.45, 7) is 4.06. The average molecular weight is 354 g/mol. The summed E-state index contributed by atoms with van der Waals surface area (Å²) < 4.78 is 27.9. The molecule has 26 heavy (non-hydrogen) atoms. The summed E-state index contributed by atoms with van der Waals surface area (Å²) in [4.78, 5) is 8.89. The van der Waals surface area contributed by atoms with Crippen molar-refractivity contribution in [3.05, 3.63) is 66.2 Å². The summed E-state index contributed by atoms with van der Waals surface area (Å²) in [5.41, 5.74) is 1.31. The average Bonchev–Trinajstić information content (AvgIpc) is 2.65. The molecule has 0 aliphatic rings. The van der Waals surface area contributed by atoms with Crippen molar-refractivity contribution in [3.8, 4) is 11.3 Å². The molecule has 4 nitrogen and oxygen atoms in total. The van der Waals surface area contributed by atoms with Crippen LogP contribution in [0.4, 0.5) is 26.2 Å². The highest BCUT2D eigenvalue weighted by molar-refractivity contribution is 5.67. The molecule has 0 saturated carbocycles. The Bertz CT molecular complexity index is 864. The first-order chi connectivity index (χ1) is 12.6. The van der Waals surface area contributed by atoms with Gasteiger partial charge < -0.3 is 10.6 Å². The summed E-state index contributed by atoms with van der Waals surface area (Å²) in [7, 11) is 0. The predicted molar refractivity (Wildman–Crippen MR) is 100 cm³/mol. The number of nitrogens with zero attached hydrogens (tertiary/aromatic N) is 2. The van der Waals surface area contributed by atoms with Gasteiger partial charge in [-0.25, -0.2) is 13.8 Å². The third-order valence-corrected chi connectivity index (χ3v) is 4.00. The van der Waals surface area contributed by atoms with Crippen molar-refractivity contribution >= 4 is 17.5 Å². The van der Waals surface area contributed by atoms with Crippen LogP contribution < -0.4 is 10.6 Å². The van der Waals surface area contributed by atoms with E-state index >= 15 is 0 Å². The maximum Gasteiger partial charge on any atom is 0.225 e. The van der Waals surface area contributed by atoms with Gasteiger partial charge in [-0.2, -0.15) is 4.98 Å². The third-order valence-electron chi connectivity index (χ3n) is 4.00. The molecule has 2 aromatic carbocycles. The molecule has 1 atom stereocenters. The Morgan fingerprint density at radius 2 is 1.65 bits per heavy atom. The van der Waals surface area contributed by atoms with E-state index in [2.05, 4.69) is 20.6 Å². The number of halogens is 2. The maximum absolute atomic E-state index is 14.0. The van der Waals surface area contributed by atoms with Crippen molar-refractivity contribution in [3.63, 3.8) is 0 Å². The van der Waals surface area contributed by atoms with E-state index in [0.29, 0.717) is 17.5 Å². The van der Waals surface area contributed by atoms with Gasteiger partial charge in [-0.05, 0) is 25.5 Å².